The average molecular weight is 254 g/mol. The number of hydrogen-bond acceptors (Lipinski definition) is 3. The maximum Gasteiger partial charge on any atom is 0.130 e. The highest BCUT2D eigenvalue weighted by molar-refractivity contribution is 5.40. The van der Waals surface area contributed by atoms with Crippen LogP contribution < -0.4 is 10.5 Å². The summed E-state index contributed by atoms with van der Waals surface area (Å²) in [4.78, 5) is 4.33. The summed E-state index contributed by atoms with van der Waals surface area (Å²) < 4.78 is 5.83. The van der Waals surface area contributed by atoms with Crippen LogP contribution in [0.1, 0.15) is 34.8 Å². The second-order valence-electron chi connectivity index (χ2n) is 5.06. The third-order valence-electron chi connectivity index (χ3n) is 3.73. The quantitative estimate of drug-likeness (QED) is 0.916. The van der Waals surface area contributed by atoms with Crippen molar-refractivity contribution in [2.24, 2.45) is 5.73 Å². The predicted octanol–water partition coefficient (Wildman–Crippen LogP) is 2.92. The van der Waals surface area contributed by atoms with E-state index in [4.69, 9.17) is 10.5 Å². The maximum atomic E-state index is 6.03. The molecule has 0 amide bonds. The molecular weight excluding hydrogens is 236 g/mol. The van der Waals surface area contributed by atoms with E-state index in [0.29, 0.717) is 6.61 Å². The first kappa shape index (κ1) is 12.2. The molecule has 0 fully saturated rings. The van der Waals surface area contributed by atoms with E-state index in [0.717, 1.165) is 29.8 Å². The average Bonchev–Trinajstić information content (AvgIpc) is 2.79. The zero-order chi connectivity index (χ0) is 13.2. The van der Waals surface area contributed by atoms with E-state index in [9.17, 15) is 0 Å². The topological polar surface area (TPSA) is 48.1 Å². The van der Waals surface area contributed by atoms with Crippen molar-refractivity contribution in [3.05, 3.63) is 58.9 Å². The number of hydrogen-bond donors (Lipinski definition) is 1. The molecule has 0 radical (unpaired) electrons. The number of aryl methyl sites for hydroxylation is 2. The molecule has 1 aromatic heterocycles. The lowest BCUT2D eigenvalue weighted by Gasteiger charge is -2.10. The molecule has 0 saturated heterocycles. The molecule has 3 heteroatoms. The lowest BCUT2D eigenvalue weighted by Crippen LogP contribution is -2.05. The Morgan fingerprint density at radius 2 is 2.26 bits per heavy atom. The Labute approximate surface area is 113 Å². The Balaban J connectivity index is 1.73. The molecule has 3 nitrogen and oxygen atoms in total. The number of rotatable bonds is 3. The van der Waals surface area contributed by atoms with E-state index >= 15 is 0 Å². The van der Waals surface area contributed by atoms with Gasteiger partial charge in [0.15, 0.2) is 0 Å². The largest absolute Gasteiger partial charge is 0.487 e. The fourth-order valence-electron chi connectivity index (χ4n) is 2.54. The molecule has 1 heterocycles. The van der Waals surface area contributed by atoms with E-state index in [1.165, 1.54) is 11.1 Å². The first-order valence-electron chi connectivity index (χ1n) is 6.66. The summed E-state index contributed by atoms with van der Waals surface area (Å²) in [6, 6.07) is 10.4. The van der Waals surface area contributed by atoms with Crippen molar-refractivity contribution in [3.63, 3.8) is 0 Å². The molecule has 0 spiro atoms. The van der Waals surface area contributed by atoms with Crippen LogP contribution in [-0.4, -0.2) is 4.98 Å². The number of fused-ring (bicyclic) bond motifs is 1. The number of nitrogens with zero attached hydrogens (tertiary/aromatic N) is 1. The fraction of sp³-hybridized carbons (Fsp3) is 0.312. The third kappa shape index (κ3) is 2.47. The van der Waals surface area contributed by atoms with Crippen molar-refractivity contribution < 1.29 is 4.74 Å². The van der Waals surface area contributed by atoms with Crippen molar-refractivity contribution in [1.82, 2.24) is 4.98 Å². The standard InChI is InChI=1S/C16H18N2O/c1-11-3-2-8-18-16(11)10-19-13-5-6-14-12(9-13)4-7-15(14)17/h2-3,5-6,8-9,15H,4,7,10,17H2,1H3/t15-/m0/s1. The van der Waals surface area contributed by atoms with Crippen molar-refractivity contribution in [1.29, 1.82) is 0 Å². The molecular formula is C16H18N2O. The van der Waals surface area contributed by atoms with E-state index in [1.807, 2.05) is 25.1 Å². The molecule has 2 aromatic rings. The highest BCUT2D eigenvalue weighted by Gasteiger charge is 2.19. The van der Waals surface area contributed by atoms with Gasteiger partial charge in [0.2, 0.25) is 0 Å². The van der Waals surface area contributed by atoms with E-state index in [-0.39, 0.29) is 6.04 Å². The highest BCUT2D eigenvalue weighted by Crippen LogP contribution is 2.32. The SMILES string of the molecule is Cc1cccnc1COc1ccc2c(c1)CC[C@@H]2N. The summed E-state index contributed by atoms with van der Waals surface area (Å²) in [6.07, 6.45) is 3.89. The van der Waals surface area contributed by atoms with Crippen molar-refractivity contribution >= 4 is 0 Å². The molecule has 0 unspecified atom stereocenters. The molecule has 2 N–H and O–H groups in total. The number of aromatic nitrogens is 1. The molecule has 98 valence electrons. The van der Waals surface area contributed by atoms with Gasteiger partial charge in [-0.3, -0.25) is 4.98 Å². The van der Waals surface area contributed by atoms with E-state index in [2.05, 4.69) is 17.1 Å². The second-order valence-corrected chi connectivity index (χ2v) is 5.06. The van der Waals surface area contributed by atoms with Gasteiger partial charge in [-0.25, -0.2) is 0 Å². The molecule has 0 aliphatic heterocycles. The normalized spacial score (nSPS) is 17.3. The Morgan fingerprint density at radius 1 is 1.37 bits per heavy atom. The Morgan fingerprint density at radius 3 is 3.11 bits per heavy atom. The molecule has 19 heavy (non-hydrogen) atoms. The molecule has 1 aliphatic carbocycles. The van der Waals surface area contributed by atoms with Gasteiger partial charge >= 0.3 is 0 Å². The van der Waals surface area contributed by atoms with E-state index in [1.54, 1.807) is 6.20 Å². The summed E-state index contributed by atoms with van der Waals surface area (Å²) in [5.41, 5.74) is 10.8. The van der Waals surface area contributed by atoms with Crippen LogP contribution in [0, 0.1) is 6.92 Å². The van der Waals surface area contributed by atoms with Crippen molar-refractivity contribution in [2.45, 2.75) is 32.4 Å². The Kier molecular flexibility index (Phi) is 3.22. The van der Waals surface area contributed by atoms with E-state index < -0.39 is 0 Å². The summed E-state index contributed by atoms with van der Waals surface area (Å²) in [5.74, 6) is 0.901. The van der Waals surface area contributed by atoms with Crippen molar-refractivity contribution in [2.75, 3.05) is 0 Å². The van der Waals surface area contributed by atoms with Gasteiger partial charge in [-0.15, -0.1) is 0 Å². The van der Waals surface area contributed by atoms with Crippen LogP contribution >= 0.6 is 0 Å². The maximum absolute atomic E-state index is 6.03. The first-order valence-corrected chi connectivity index (χ1v) is 6.66. The molecule has 1 aliphatic rings. The van der Waals surface area contributed by atoms with Gasteiger partial charge in [0.25, 0.3) is 0 Å². The summed E-state index contributed by atoms with van der Waals surface area (Å²) in [7, 11) is 0. The third-order valence-corrected chi connectivity index (χ3v) is 3.73. The highest BCUT2D eigenvalue weighted by atomic mass is 16.5. The van der Waals surface area contributed by atoms with Gasteiger partial charge in [-0.05, 0) is 54.7 Å². The molecule has 3 rings (SSSR count). The summed E-state index contributed by atoms with van der Waals surface area (Å²) in [5, 5.41) is 0. The molecule has 1 atom stereocenters. The fourth-order valence-corrected chi connectivity index (χ4v) is 2.54. The van der Waals surface area contributed by atoms with Crippen LogP contribution in [-0.2, 0) is 13.0 Å². The monoisotopic (exact) mass is 254 g/mol. The number of pyridine rings is 1. The van der Waals surface area contributed by atoms with Crippen molar-refractivity contribution in [3.8, 4) is 5.75 Å². The minimum atomic E-state index is 0.196. The van der Waals surface area contributed by atoms with Gasteiger partial charge in [0.05, 0.1) is 5.69 Å². The summed E-state index contributed by atoms with van der Waals surface area (Å²) in [6.45, 7) is 2.56. The van der Waals surface area contributed by atoms with Gasteiger partial charge in [0, 0.05) is 12.2 Å². The zero-order valence-electron chi connectivity index (χ0n) is 11.1. The smallest absolute Gasteiger partial charge is 0.130 e. The number of nitrogens with two attached hydrogens (primary N) is 1. The number of ether oxygens (including phenoxy) is 1. The van der Waals surface area contributed by atoms with Gasteiger partial charge in [-0.2, -0.15) is 0 Å². The minimum Gasteiger partial charge on any atom is -0.487 e. The van der Waals surface area contributed by atoms with Crippen LogP contribution in [0.5, 0.6) is 5.75 Å². The summed E-state index contributed by atoms with van der Waals surface area (Å²) >= 11 is 0. The molecule has 0 bridgehead atoms. The van der Waals surface area contributed by atoms with Crippen LogP contribution in [0.2, 0.25) is 0 Å². The van der Waals surface area contributed by atoms with Crippen LogP contribution in [0.4, 0.5) is 0 Å². The Bertz CT molecular complexity index is 595. The number of benzene rings is 1. The van der Waals surface area contributed by atoms with Gasteiger partial charge in [-0.1, -0.05) is 12.1 Å². The lowest BCUT2D eigenvalue weighted by atomic mass is 10.1. The van der Waals surface area contributed by atoms with Crippen LogP contribution in [0.15, 0.2) is 36.5 Å². The zero-order valence-corrected chi connectivity index (χ0v) is 11.1. The van der Waals surface area contributed by atoms with Crippen LogP contribution in [0.25, 0.3) is 0 Å². The first-order chi connectivity index (χ1) is 9.24. The predicted molar refractivity (Wildman–Crippen MR) is 75.0 cm³/mol. The minimum absolute atomic E-state index is 0.196. The molecule has 1 aromatic carbocycles. The van der Waals surface area contributed by atoms with Crippen LogP contribution in [0.3, 0.4) is 0 Å². The van der Waals surface area contributed by atoms with Gasteiger partial charge < -0.3 is 10.5 Å². The second kappa shape index (κ2) is 5.02. The molecule has 0 saturated carbocycles. The Hall–Kier alpha value is -1.87. The lowest BCUT2D eigenvalue weighted by molar-refractivity contribution is 0.300. The van der Waals surface area contributed by atoms with Gasteiger partial charge in [0.1, 0.15) is 12.4 Å².